The lowest BCUT2D eigenvalue weighted by atomic mass is 9.99. The molecule has 0 saturated carbocycles. The van der Waals surface area contributed by atoms with Crippen LogP contribution in [-0.2, 0) is 6.42 Å². The predicted octanol–water partition coefficient (Wildman–Crippen LogP) is 4.04. The minimum Gasteiger partial charge on any atom is -0.308 e. The molecule has 0 aliphatic heterocycles. The highest BCUT2D eigenvalue weighted by molar-refractivity contribution is 7.07. The normalized spacial score (nSPS) is 12.6. The number of benzene rings is 1. The van der Waals surface area contributed by atoms with E-state index in [0.29, 0.717) is 6.04 Å². The summed E-state index contributed by atoms with van der Waals surface area (Å²) in [5, 5.41) is 5.75. The Morgan fingerprint density at radius 1 is 1.26 bits per heavy atom. The molecular formula is C16H22N2S. The SMILES string of the molecule is CCCNC(Cc1ccc(C)c(C)c1)c1cscn1. The van der Waals surface area contributed by atoms with Gasteiger partial charge in [0.2, 0.25) is 0 Å². The molecule has 2 nitrogen and oxygen atoms in total. The van der Waals surface area contributed by atoms with E-state index in [9.17, 15) is 0 Å². The first-order valence-corrected chi connectivity index (χ1v) is 7.82. The molecule has 1 N–H and O–H groups in total. The summed E-state index contributed by atoms with van der Waals surface area (Å²) in [7, 11) is 0. The number of hydrogen-bond acceptors (Lipinski definition) is 3. The standard InChI is InChI=1S/C16H22N2S/c1-4-7-17-15(16-10-19-11-18-16)9-14-6-5-12(2)13(3)8-14/h5-6,8,10-11,15,17H,4,7,9H2,1-3H3. The van der Waals surface area contributed by atoms with Crippen LogP contribution in [0, 0.1) is 13.8 Å². The van der Waals surface area contributed by atoms with Crippen molar-refractivity contribution in [2.45, 2.75) is 39.7 Å². The zero-order chi connectivity index (χ0) is 13.7. The largest absolute Gasteiger partial charge is 0.308 e. The molecule has 0 bridgehead atoms. The van der Waals surface area contributed by atoms with E-state index in [-0.39, 0.29) is 0 Å². The van der Waals surface area contributed by atoms with Gasteiger partial charge < -0.3 is 5.32 Å². The molecule has 1 unspecified atom stereocenters. The first-order chi connectivity index (χ1) is 9.20. The summed E-state index contributed by atoms with van der Waals surface area (Å²) in [5.74, 6) is 0. The first-order valence-electron chi connectivity index (χ1n) is 6.88. The second kappa shape index (κ2) is 6.83. The number of nitrogens with zero attached hydrogens (tertiary/aromatic N) is 1. The van der Waals surface area contributed by atoms with Gasteiger partial charge in [-0.1, -0.05) is 25.1 Å². The average Bonchev–Trinajstić information content (AvgIpc) is 2.92. The number of aromatic nitrogens is 1. The van der Waals surface area contributed by atoms with Gasteiger partial charge in [-0.25, -0.2) is 4.98 Å². The van der Waals surface area contributed by atoms with Crippen LogP contribution in [0.1, 0.15) is 41.8 Å². The minimum atomic E-state index is 0.327. The van der Waals surface area contributed by atoms with Crippen molar-refractivity contribution in [1.29, 1.82) is 0 Å². The third-order valence-corrected chi connectivity index (χ3v) is 4.07. The number of nitrogens with one attached hydrogen (secondary N) is 1. The summed E-state index contributed by atoms with van der Waals surface area (Å²) in [6.07, 6.45) is 2.15. The van der Waals surface area contributed by atoms with Gasteiger partial charge in [0.15, 0.2) is 0 Å². The maximum Gasteiger partial charge on any atom is 0.0795 e. The summed E-state index contributed by atoms with van der Waals surface area (Å²) in [6, 6.07) is 7.06. The highest BCUT2D eigenvalue weighted by atomic mass is 32.1. The lowest BCUT2D eigenvalue weighted by molar-refractivity contribution is 0.520. The molecule has 0 radical (unpaired) electrons. The van der Waals surface area contributed by atoms with Crippen LogP contribution in [0.25, 0.3) is 0 Å². The predicted molar refractivity (Wildman–Crippen MR) is 82.8 cm³/mol. The van der Waals surface area contributed by atoms with Crippen molar-refractivity contribution in [3.63, 3.8) is 0 Å². The maximum absolute atomic E-state index is 4.46. The van der Waals surface area contributed by atoms with Crippen LogP contribution in [0.2, 0.25) is 0 Å². The zero-order valence-electron chi connectivity index (χ0n) is 11.9. The molecule has 1 aromatic carbocycles. The van der Waals surface area contributed by atoms with Crippen LogP contribution in [0.4, 0.5) is 0 Å². The summed E-state index contributed by atoms with van der Waals surface area (Å²) in [4.78, 5) is 4.46. The van der Waals surface area contributed by atoms with Crippen molar-refractivity contribution in [1.82, 2.24) is 10.3 Å². The van der Waals surface area contributed by atoms with E-state index in [1.807, 2.05) is 5.51 Å². The van der Waals surface area contributed by atoms with E-state index < -0.39 is 0 Å². The van der Waals surface area contributed by atoms with E-state index in [0.717, 1.165) is 25.1 Å². The molecule has 0 aliphatic rings. The Labute approximate surface area is 119 Å². The summed E-state index contributed by atoms with van der Waals surface area (Å²) >= 11 is 1.67. The van der Waals surface area contributed by atoms with Crippen LogP contribution >= 0.6 is 11.3 Å². The van der Waals surface area contributed by atoms with Crippen LogP contribution in [-0.4, -0.2) is 11.5 Å². The van der Waals surface area contributed by atoms with Crippen molar-refractivity contribution in [3.8, 4) is 0 Å². The Morgan fingerprint density at radius 3 is 2.74 bits per heavy atom. The summed E-state index contributed by atoms with van der Waals surface area (Å²) in [6.45, 7) is 7.57. The summed E-state index contributed by atoms with van der Waals surface area (Å²) < 4.78 is 0. The highest BCUT2D eigenvalue weighted by Gasteiger charge is 2.13. The Kier molecular flexibility index (Phi) is 5.11. The fourth-order valence-electron chi connectivity index (χ4n) is 2.16. The molecule has 2 rings (SSSR count). The Morgan fingerprint density at radius 2 is 2.11 bits per heavy atom. The molecule has 1 heterocycles. The maximum atomic E-state index is 4.46. The van der Waals surface area contributed by atoms with Crippen molar-refractivity contribution < 1.29 is 0 Å². The fourth-order valence-corrected chi connectivity index (χ4v) is 2.77. The molecule has 1 atom stereocenters. The number of rotatable bonds is 6. The number of thiazole rings is 1. The van der Waals surface area contributed by atoms with E-state index in [2.05, 4.69) is 54.7 Å². The Hall–Kier alpha value is -1.19. The van der Waals surface area contributed by atoms with Gasteiger partial charge in [0.25, 0.3) is 0 Å². The molecule has 3 heteroatoms. The van der Waals surface area contributed by atoms with Gasteiger partial charge >= 0.3 is 0 Å². The molecule has 19 heavy (non-hydrogen) atoms. The van der Waals surface area contributed by atoms with Crippen LogP contribution < -0.4 is 5.32 Å². The number of aryl methyl sites for hydroxylation is 2. The first kappa shape index (κ1) is 14.2. The lowest BCUT2D eigenvalue weighted by Gasteiger charge is -2.17. The third kappa shape index (κ3) is 3.88. The van der Waals surface area contributed by atoms with E-state index in [1.165, 1.54) is 16.7 Å². The second-order valence-corrected chi connectivity index (χ2v) is 5.76. The topological polar surface area (TPSA) is 24.9 Å². The zero-order valence-corrected chi connectivity index (χ0v) is 12.8. The van der Waals surface area contributed by atoms with Crippen LogP contribution in [0.5, 0.6) is 0 Å². The summed E-state index contributed by atoms with van der Waals surface area (Å²) in [5.41, 5.74) is 7.18. The van der Waals surface area contributed by atoms with Gasteiger partial charge in [-0.2, -0.15) is 0 Å². The third-order valence-electron chi connectivity index (χ3n) is 3.46. The van der Waals surface area contributed by atoms with E-state index in [4.69, 9.17) is 0 Å². The number of hydrogen-bond donors (Lipinski definition) is 1. The van der Waals surface area contributed by atoms with Gasteiger partial charge in [-0.3, -0.25) is 0 Å². The van der Waals surface area contributed by atoms with E-state index >= 15 is 0 Å². The minimum absolute atomic E-state index is 0.327. The Balaban J connectivity index is 2.13. The monoisotopic (exact) mass is 274 g/mol. The van der Waals surface area contributed by atoms with Crippen molar-refractivity contribution in [2.75, 3.05) is 6.54 Å². The molecule has 0 fully saturated rings. The molecular weight excluding hydrogens is 252 g/mol. The molecule has 0 amide bonds. The van der Waals surface area contributed by atoms with Gasteiger partial charge in [-0.05, 0) is 49.9 Å². The van der Waals surface area contributed by atoms with Crippen LogP contribution in [0.3, 0.4) is 0 Å². The Bertz CT molecular complexity index is 505. The molecule has 0 saturated heterocycles. The molecule has 0 spiro atoms. The van der Waals surface area contributed by atoms with Crippen molar-refractivity contribution in [2.24, 2.45) is 0 Å². The van der Waals surface area contributed by atoms with Crippen molar-refractivity contribution >= 4 is 11.3 Å². The van der Waals surface area contributed by atoms with Crippen molar-refractivity contribution in [3.05, 3.63) is 51.5 Å². The molecule has 2 aromatic rings. The highest BCUT2D eigenvalue weighted by Crippen LogP contribution is 2.20. The van der Waals surface area contributed by atoms with Gasteiger partial charge in [0.1, 0.15) is 0 Å². The molecule has 102 valence electrons. The second-order valence-electron chi connectivity index (χ2n) is 5.04. The van der Waals surface area contributed by atoms with Gasteiger partial charge in [0, 0.05) is 5.38 Å². The molecule has 1 aromatic heterocycles. The quantitative estimate of drug-likeness (QED) is 0.860. The van der Waals surface area contributed by atoms with Gasteiger partial charge in [0.05, 0.1) is 17.2 Å². The van der Waals surface area contributed by atoms with Crippen LogP contribution in [0.15, 0.2) is 29.1 Å². The fraction of sp³-hybridized carbons (Fsp3) is 0.438. The molecule has 0 aliphatic carbocycles. The average molecular weight is 274 g/mol. The van der Waals surface area contributed by atoms with Gasteiger partial charge in [-0.15, -0.1) is 11.3 Å². The smallest absolute Gasteiger partial charge is 0.0795 e. The lowest BCUT2D eigenvalue weighted by Crippen LogP contribution is -2.24. The van der Waals surface area contributed by atoms with E-state index in [1.54, 1.807) is 11.3 Å².